The number of carbonyl (C=O) groups excluding carboxylic acids is 2. The smallest absolute Gasteiger partial charge is 0.253 e. The van der Waals surface area contributed by atoms with Crippen molar-refractivity contribution >= 4 is 22.9 Å². The van der Waals surface area contributed by atoms with Crippen LogP contribution in [-0.2, 0) is 11.3 Å². The van der Waals surface area contributed by atoms with E-state index in [1.165, 1.54) is 12.1 Å². The van der Waals surface area contributed by atoms with E-state index in [4.69, 9.17) is 4.42 Å². The van der Waals surface area contributed by atoms with Crippen LogP contribution in [0.1, 0.15) is 35.7 Å². The molecule has 1 aliphatic heterocycles. The van der Waals surface area contributed by atoms with Gasteiger partial charge in [-0.2, -0.15) is 0 Å². The minimum Gasteiger partial charge on any atom is -0.436 e. The second-order valence-corrected chi connectivity index (χ2v) is 9.33. The maximum absolute atomic E-state index is 13.2. The van der Waals surface area contributed by atoms with Crippen molar-refractivity contribution in [3.05, 3.63) is 89.7 Å². The number of rotatable bonds is 6. The Bertz CT molecular complexity index is 1360. The normalized spacial score (nSPS) is 15.1. The minimum absolute atomic E-state index is 0.0187. The van der Waals surface area contributed by atoms with Crippen LogP contribution in [0, 0.1) is 17.7 Å². The third kappa shape index (κ3) is 5.15. The molecule has 5 rings (SSSR count). The van der Waals surface area contributed by atoms with Gasteiger partial charge in [0.15, 0.2) is 5.58 Å². The monoisotopic (exact) mass is 485 g/mol. The van der Waals surface area contributed by atoms with Gasteiger partial charge in [-0.3, -0.25) is 9.59 Å². The Morgan fingerprint density at radius 3 is 2.50 bits per heavy atom. The van der Waals surface area contributed by atoms with Crippen LogP contribution in [0.3, 0.4) is 0 Å². The molecule has 0 spiro atoms. The Morgan fingerprint density at radius 1 is 1.06 bits per heavy atom. The number of nitrogens with one attached hydrogen (secondary N) is 1. The van der Waals surface area contributed by atoms with Gasteiger partial charge in [-0.05, 0) is 66.8 Å². The molecule has 3 aromatic carbocycles. The highest BCUT2D eigenvalue weighted by Gasteiger charge is 2.30. The van der Waals surface area contributed by atoms with E-state index in [1.807, 2.05) is 42.2 Å². The van der Waals surface area contributed by atoms with Crippen LogP contribution in [0.5, 0.6) is 0 Å². The van der Waals surface area contributed by atoms with Gasteiger partial charge >= 0.3 is 0 Å². The summed E-state index contributed by atoms with van der Waals surface area (Å²) in [6.45, 7) is 3.51. The largest absolute Gasteiger partial charge is 0.436 e. The first-order valence-corrected chi connectivity index (χ1v) is 12.3. The highest BCUT2D eigenvalue weighted by molar-refractivity contribution is 5.97. The first-order valence-electron chi connectivity index (χ1n) is 12.3. The predicted molar refractivity (Wildman–Crippen MR) is 135 cm³/mol. The van der Waals surface area contributed by atoms with Crippen molar-refractivity contribution in [3.63, 3.8) is 0 Å². The van der Waals surface area contributed by atoms with Crippen LogP contribution < -0.4 is 5.32 Å². The molecule has 1 saturated heterocycles. The summed E-state index contributed by atoms with van der Waals surface area (Å²) in [4.78, 5) is 32.3. The predicted octanol–water partition coefficient (Wildman–Crippen LogP) is 5.44. The van der Waals surface area contributed by atoms with Gasteiger partial charge in [0.2, 0.25) is 11.8 Å². The minimum atomic E-state index is -0.294. The summed E-state index contributed by atoms with van der Waals surface area (Å²) in [7, 11) is 0. The molecule has 1 atom stereocenters. The first kappa shape index (κ1) is 23.7. The Balaban J connectivity index is 1.17. The molecule has 36 heavy (non-hydrogen) atoms. The third-order valence-electron chi connectivity index (χ3n) is 6.98. The first-order chi connectivity index (χ1) is 17.5. The summed E-state index contributed by atoms with van der Waals surface area (Å²) in [6, 6.07) is 21.1. The van der Waals surface area contributed by atoms with Crippen LogP contribution >= 0.6 is 0 Å². The zero-order valence-electron chi connectivity index (χ0n) is 20.1. The van der Waals surface area contributed by atoms with Crippen molar-refractivity contribution in [1.29, 1.82) is 0 Å². The zero-order chi connectivity index (χ0) is 25.1. The Hall–Kier alpha value is -4.00. The molecular formula is C29H28FN3O3. The molecule has 2 amide bonds. The molecule has 1 aliphatic rings. The molecule has 1 fully saturated rings. The number of nitrogens with zero attached hydrogens (tertiary/aromatic N) is 2. The number of hydrogen-bond acceptors (Lipinski definition) is 4. The molecule has 0 aliphatic carbocycles. The van der Waals surface area contributed by atoms with Gasteiger partial charge in [0, 0.05) is 36.7 Å². The van der Waals surface area contributed by atoms with E-state index in [-0.39, 0.29) is 29.5 Å². The molecule has 2 heterocycles. The van der Waals surface area contributed by atoms with Crippen molar-refractivity contribution in [2.75, 3.05) is 13.1 Å². The molecule has 184 valence electrons. The lowest BCUT2D eigenvalue weighted by Crippen LogP contribution is -2.42. The molecule has 0 saturated carbocycles. The quantitative estimate of drug-likeness (QED) is 0.395. The van der Waals surface area contributed by atoms with Crippen LogP contribution in [0.2, 0.25) is 0 Å². The number of fused-ring (bicyclic) bond motifs is 1. The number of amides is 2. The van der Waals surface area contributed by atoms with E-state index in [9.17, 15) is 14.0 Å². The van der Waals surface area contributed by atoms with Crippen molar-refractivity contribution in [3.8, 4) is 11.5 Å². The summed E-state index contributed by atoms with van der Waals surface area (Å²) in [5.74, 6) is 0.225. The number of oxazole rings is 1. The standard InChI is InChI=1S/C29H28FN3O3/c1-19(27(34)31-18-20-7-10-24(30)11-8-20)21-13-15-33(16-14-21)29(35)23-9-12-26-25(17-23)32-28(36-26)22-5-3-2-4-6-22/h2-12,17,19,21H,13-16,18H2,1H3,(H,31,34)/t19-/m0/s1. The molecule has 1 aromatic heterocycles. The topological polar surface area (TPSA) is 75.4 Å². The average Bonchev–Trinajstić information content (AvgIpc) is 3.36. The fourth-order valence-corrected chi connectivity index (χ4v) is 4.72. The Morgan fingerprint density at radius 2 is 1.78 bits per heavy atom. The number of likely N-dealkylation sites (tertiary alicyclic amines) is 1. The summed E-state index contributed by atoms with van der Waals surface area (Å²) < 4.78 is 18.9. The molecule has 7 heteroatoms. The lowest BCUT2D eigenvalue weighted by atomic mass is 9.84. The zero-order valence-corrected chi connectivity index (χ0v) is 20.1. The number of hydrogen-bond donors (Lipinski definition) is 1. The van der Waals surface area contributed by atoms with Crippen molar-refractivity contribution in [1.82, 2.24) is 15.2 Å². The molecule has 0 radical (unpaired) electrons. The van der Waals surface area contributed by atoms with E-state index in [0.29, 0.717) is 42.2 Å². The van der Waals surface area contributed by atoms with Crippen LogP contribution in [0.4, 0.5) is 4.39 Å². The van der Waals surface area contributed by atoms with Gasteiger partial charge in [0.25, 0.3) is 5.91 Å². The molecule has 4 aromatic rings. The highest BCUT2D eigenvalue weighted by atomic mass is 19.1. The molecule has 6 nitrogen and oxygen atoms in total. The maximum atomic E-state index is 13.2. The van der Waals surface area contributed by atoms with E-state index in [0.717, 1.165) is 24.0 Å². The Kier molecular flexibility index (Phi) is 6.80. The second kappa shape index (κ2) is 10.3. The van der Waals surface area contributed by atoms with E-state index in [1.54, 1.807) is 30.3 Å². The van der Waals surface area contributed by atoms with Crippen LogP contribution in [0.25, 0.3) is 22.6 Å². The number of benzene rings is 3. The van der Waals surface area contributed by atoms with Crippen molar-refractivity contribution in [2.45, 2.75) is 26.3 Å². The van der Waals surface area contributed by atoms with Gasteiger partial charge in [0.05, 0.1) is 0 Å². The lowest BCUT2D eigenvalue weighted by molar-refractivity contribution is -0.126. The summed E-state index contributed by atoms with van der Waals surface area (Å²) in [6.07, 6.45) is 1.53. The number of piperidine rings is 1. The maximum Gasteiger partial charge on any atom is 0.253 e. The van der Waals surface area contributed by atoms with Crippen LogP contribution in [0.15, 0.2) is 77.2 Å². The fourth-order valence-electron chi connectivity index (χ4n) is 4.72. The van der Waals surface area contributed by atoms with Gasteiger partial charge in [-0.1, -0.05) is 37.3 Å². The summed E-state index contributed by atoms with van der Waals surface area (Å²) in [5, 5.41) is 2.95. The molecule has 0 unspecified atom stereocenters. The molecule has 0 bridgehead atoms. The van der Waals surface area contributed by atoms with Gasteiger partial charge in [-0.25, -0.2) is 9.37 Å². The highest BCUT2D eigenvalue weighted by Crippen LogP contribution is 2.28. The average molecular weight is 486 g/mol. The third-order valence-corrected chi connectivity index (χ3v) is 6.98. The number of halogens is 1. The van der Waals surface area contributed by atoms with Crippen molar-refractivity contribution in [2.24, 2.45) is 11.8 Å². The van der Waals surface area contributed by atoms with Crippen molar-refractivity contribution < 1.29 is 18.4 Å². The summed E-state index contributed by atoms with van der Waals surface area (Å²) in [5.41, 5.74) is 3.63. The lowest BCUT2D eigenvalue weighted by Gasteiger charge is -2.34. The second-order valence-electron chi connectivity index (χ2n) is 9.33. The fraction of sp³-hybridized carbons (Fsp3) is 0.276. The Labute approximate surface area is 209 Å². The number of aromatic nitrogens is 1. The summed E-state index contributed by atoms with van der Waals surface area (Å²) >= 11 is 0. The SMILES string of the molecule is C[C@H](C(=O)NCc1ccc(F)cc1)C1CCN(C(=O)c2ccc3oc(-c4ccccc4)nc3c2)CC1. The number of carbonyl (C=O) groups is 2. The van der Waals surface area contributed by atoms with E-state index >= 15 is 0 Å². The van der Waals surface area contributed by atoms with Gasteiger partial charge in [0.1, 0.15) is 11.3 Å². The van der Waals surface area contributed by atoms with Gasteiger partial charge < -0.3 is 14.6 Å². The molecule has 1 N–H and O–H groups in total. The van der Waals surface area contributed by atoms with E-state index in [2.05, 4.69) is 10.3 Å². The van der Waals surface area contributed by atoms with Gasteiger partial charge in [-0.15, -0.1) is 0 Å². The van der Waals surface area contributed by atoms with E-state index < -0.39 is 0 Å². The van der Waals surface area contributed by atoms with Crippen LogP contribution in [-0.4, -0.2) is 34.8 Å². The molecular weight excluding hydrogens is 457 g/mol.